The Balaban J connectivity index is 1.31. The van der Waals surface area contributed by atoms with E-state index in [4.69, 9.17) is 37.8 Å². The number of benzene rings is 2. The normalized spacial score (nSPS) is 13.3. The average Bonchev–Trinajstić information content (AvgIpc) is 3.39. The van der Waals surface area contributed by atoms with Crippen LogP contribution in [0.25, 0.3) is 16.9 Å². The van der Waals surface area contributed by atoms with Gasteiger partial charge in [0, 0.05) is 54.2 Å². The summed E-state index contributed by atoms with van der Waals surface area (Å²) in [4.78, 5) is 37.1. The number of carbonyl (C=O) groups excluding carboxylic acids is 3. The number of hydrazine groups is 1. The van der Waals surface area contributed by atoms with E-state index >= 15 is 0 Å². The zero-order valence-electron chi connectivity index (χ0n) is 28.7. The van der Waals surface area contributed by atoms with E-state index in [0.29, 0.717) is 47.2 Å². The molecule has 0 saturated carbocycles. The molecule has 0 spiro atoms. The number of rotatable bonds is 12. The van der Waals surface area contributed by atoms with Crippen LogP contribution in [0.4, 0.5) is 4.79 Å². The van der Waals surface area contributed by atoms with Gasteiger partial charge in [0.25, 0.3) is 5.91 Å². The first-order chi connectivity index (χ1) is 23.4. The van der Waals surface area contributed by atoms with Crippen molar-refractivity contribution in [1.82, 2.24) is 25.5 Å². The molecule has 3 aromatic rings. The van der Waals surface area contributed by atoms with Gasteiger partial charge in [-0.1, -0.05) is 60.0 Å². The number of nitrogens with one attached hydrogen (secondary N) is 2. The first-order valence-electron chi connectivity index (χ1n) is 16.7. The number of halogens is 2. The maximum absolute atomic E-state index is 13.4. The third-order valence-corrected chi connectivity index (χ3v) is 8.24. The van der Waals surface area contributed by atoms with Crippen LogP contribution >= 0.6 is 23.2 Å². The molecule has 0 bridgehead atoms. The Morgan fingerprint density at radius 1 is 0.980 bits per heavy atom. The van der Waals surface area contributed by atoms with Crippen molar-refractivity contribution in [3.8, 4) is 28.8 Å². The zero-order valence-corrected chi connectivity index (χ0v) is 30.2. The van der Waals surface area contributed by atoms with Gasteiger partial charge in [-0.25, -0.2) is 14.5 Å². The molecule has 262 valence electrons. The molecule has 2 amide bonds. The Morgan fingerprint density at radius 2 is 1.71 bits per heavy atom. The highest BCUT2D eigenvalue weighted by Crippen LogP contribution is 2.33. The fourth-order valence-corrected chi connectivity index (χ4v) is 5.81. The fraction of sp³-hybridized carbons (Fsp3) is 0.459. The van der Waals surface area contributed by atoms with Gasteiger partial charge in [-0.3, -0.25) is 15.0 Å². The largest absolute Gasteiger partial charge is 0.465 e. The van der Waals surface area contributed by atoms with Crippen LogP contribution in [0.15, 0.2) is 42.5 Å². The third-order valence-electron chi connectivity index (χ3n) is 7.70. The molecule has 0 aliphatic carbocycles. The van der Waals surface area contributed by atoms with Crippen molar-refractivity contribution in [2.45, 2.75) is 84.7 Å². The summed E-state index contributed by atoms with van der Waals surface area (Å²) in [6.45, 7) is 9.66. The average molecular weight is 711 g/mol. The van der Waals surface area contributed by atoms with Crippen LogP contribution in [0.5, 0.6) is 0 Å². The van der Waals surface area contributed by atoms with Gasteiger partial charge in [0.2, 0.25) is 0 Å². The molecule has 10 nitrogen and oxygen atoms in total. The molecule has 12 heteroatoms. The number of amides is 2. The minimum atomic E-state index is -0.527. The fourth-order valence-electron chi connectivity index (χ4n) is 5.32. The summed E-state index contributed by atoms with van der Waals surface area (Å²) in [5.41, 5.74) is 6.51. The molecule has 0 unspecified atom stereocenters. The van der Waals surface area contributed by atoms with Crippen LogP contribution in [0.2, 0.25) is 10.0 Å². The number of alkyl carbamates (subject to hydrolysis) is 1. The van der Waals surface area contributed by atoms with E-state index in [-0.39, 0.29) is 18.5 Å². The van der Waals surface area contributed by atoms with Gasteiger partial charge < -0.3 is 14.8 Å². The SMILES string of the molecule is Cc1c(C(=O)NN2CCCCC2)nn(-c2ccc(Cl)cc2Cl)c1-c1ccc(C#CCCOC(=O)CCCCCNC(=O)OC(C)(C)C)cc1. The van der Waals surface area contributed by atoms with E-state index < -0.39 is 11.7 Å². The third kappa shape index (κ3) is 11.8. The van der Waals surface area contributed by atoms with Gasteiger partial charge in [0.05, 0.1) is 16.4 Å². The number of piperidine rings is 1. The molecule has 2 N–H and O–H groups in total. The van der Waals surface area contributed by atoms with Crippen LogP contribution in [0.1, 0.15) is 93.8 Å². The minimum Gasteiger partial charge on any atom is -0.465 e. The molecule has 49 heavy (non-hydrogen) atoms. The van der Waals surface area contributed by atoms with Crippen LogP contribution < -0.4 is 10.7 Å². The van der Waals surface area contributed by atoms with E-state index in [2.05, 4.69) is 22.6 Å². The van der Waals surface area contributed by atoms with Gasteiger partial charge in [-0.2, -0.15) is 5.10 Å². The second-order valence-electron chi connectivity index (χ2n) is 12.9. The second-order valence-corrected chi connectivity index (χ2v) is 13.8. The minimum absolute atomic E-state index is 0.215. The number of hydrogen-bond acceptors (Lipinski definition) is 7. The quantitative estimate of drug-likeness (QED) is 0.113. The molecular formula is C37H45Cl2N5O5. The van der Waals surface area contributed by atoms with E-state index in [1.807, 2.05) is 57.0 Å². The van der Waals surface area contributed by atoms with Crippen molar-refractivity contribution in [2.75, 3.05) is 26.2 Å². The number of unbranched alkanes of at least 4 members (excludes halogenated alkanes) is 2. The highest BCUT2D eigenvalue weighted by Gasteiger charge is 2.25. The smallest absolute Gasteiger partial charge is 0.407 e. The summed E-state index contributed by atoms with van der Waals surface area (Å²) in [7, 11) is 0. The summed E-state index contributed by atoms with van der Waals surface area (Å²) in [5, 5.41) is 10.3. The van der Waals surface area contributed by atoms with Crippen molar-refractivity contribution in [1.29, 1.82) is 0 Å². The van der Waals surface area contributed by atoms with E-state index in [0.717, 1.165) is 67.6 Å². The van der Waals surface area contributed by atoms with Gasteiger partial charge in [0.1, 0.15) is 12.2 Å². The summed E-state index contributed by atoms with van der Waals surface area (Å²) in [6.07, 6.45) is 5.76. The summed E-state index contributed by atoms with van der Waals surface area (Å²) >= 11 is 12.8. The van der Waals surface area contributed by atoms with Crippen LogP contribution in [-0.4, -0.2) is 64.6 Å². The predicted octanol–water partition coefficient (Wildman–Crippen LogP) is 7.66. The standard InChI is InChI=1S/C37H45Cl2N5O5/c1-26-33(35(46)42-43-22-10-6-11-23-43)41-44(31-20-19-29(38)25-30(31)39)34(26)28-17-15-27(16-18-28)13-8-12-24-48-32(45)14-7-5-9-21-40-36(47)49-37(2,3)4/h15-20,25H,5-7,9-12,14,21-24H2,1-4H3,(H,40,47)(H,42,46). The van der Waals surface area contributed by atoms with E-state index in [9.17, 15) is 14.4 Å². The Hall–Kier alpha value is -4.04. The molecular weight excluding hydrogens is 665 g/mol. The highest BCUT2D eigenvalue weighted by atomic mass is 35.5. The Bertz CT molecular complexity index is 1660. The lowest BCUT2D eigenvalue weighted by Crippen LogP contribution is -2.45. The van der Waals surface area contributed by atoms with E-state index in [1.54, 1.807) is 22.9 Å². The molecule has 1 aliphatic rings. The molecule has 2 aromatic carbocycles. The highest BCUT2D eigenvalue weighted by molar-refractivity contribution is 6.35. The molecule has 1 aliphatic heterocycles. The van der Waals surface area contributed by atoms with E-state index in [1.165, 1.54) is 0 Å². The summed E-state index contributed by atoms with van der Waals surface area (Å²) in [6, 6.07) is 12.8. The van der Waals surface area contributed by atoms with Crippen molar-refractivity contribution in [3.05, 3.63) is 69.3 Å². The molecule has 1 aromatic heterocycles. The van der Waals surface area contributed by atoms with Crippen LogP contribution in [0.3, 0.4) is 0 Å². The van der Waals surface area contributed by atoms with Crippen molar-refractivity contribution in [2.24, 2.45) is 0 Å². The summed E-state index contributed by atoms with van der Waals surface area (Å²) < 4.78 is 12.2. The monoisotopic (exact) mass is 709 g/mol. The lowest BCUT2D eigenvalue weighted by atomic mass is 10.0. The molecule has 0 radical (unpaired) electrons. The first kappa shape index (κ1) is 37.8. The van der Waals surface area contributed by atoms with Crippen molar-refractivity contribution in [3.63, 3.8) is 0 Å². The van der Waals surface area contributed by atoms with Crippen molar-refractivity contribution >= 4 is 41.2 Å². The molecule has 1 saturated heterocycles. The zero-order chi connectivity index (χ0) is 35.4. The number of nitrogens with zero attached hydrogens (tertiary/aromatic N) is 3. The van der Waals surface area contributed by atoms with Gasteiger partial charge in [0.15, 0.2) is 5.69 Å². The second kappa shape index (κ2) is 18.1. The van der Waals surface area contributed by atoms with Gasteiger partial charge in [-0.15, -0.1) is 0 Å². The topological polar surface area (TPSA) is 115 Å². The van der Waals surface area contributed by atoms with Gasteiger partial charge in [-0.05, 0) is 83.7 Å². The number of carbonyl (C=O) groups is 3. The number of aromatic nitrogens is 2. The molecule has 2 heterocycles. The molecule has 0 atom stereocenters. The Morgan fingerprint density at radius 3 is 2.41 bits per heavy atom. The van der Waals surface area contributed by atoms with Crippen molar-refractivity contribution < 1.29 is 23.9 Å². The predicted molar refractivity (Wildman–Crippen MR) is 192 cm³/mol. The number of ether oxygens (including phenoxy) is 2. The van der Waals surface area contributed by atoms with Gasteiger partial charge >= 0.3 is 12.1 Å². The molecule has 4 rings (SSSR count). The lowest BCUT2D eigenvalue weighted by molar-refractivity contribution is -0.143. The maximum atomic E-state index is 13.4. The summed E-state index contributed by atoms with van der Waals surface area (Å²) in [5.74, 6) is 5.65. The number of hydrogen-bond donors (Lipinski definition) is 2. The Labute approximate surface area is 298 Å². The van der Waals surface area contributed by atoms with Crippen LogP contribution in [-0.2, 0) is 14.3 Å². The number of esters is 1. The lowest BCUT2D eigenvalue weighted by Gasteiger charge is -2.26. The molecule has 1 fully saturated rings. The van der Waals surface area contributed by atoms with Crippen LogP contribution in [0, 0.1) is 18.8 Å². The Kier molecular flexibility index (Phi) is 13.9. The maximum Gasteiger partial charge on any atom is 0.407 e. The first-order valence-corrected chi connectivity index (χ1v) is 17.5.